The highest BCUT2D eigenvalue weighted by molar-refractivity contribution is 6.31. The van der Waals surface area contributed by atoms with Gasteiger partial charge >= 0.3 is 0 Å². The highest BCUT2D eigenvalue weighted by Gasteiger charge is 2.04. The maximum Gasteiger partial charge on any atom is 0.220 e. The van der Waals surface area contributed by atoms with Crippen molar-refractivity contribution in [3.63, 3.8) is 0 Å². The quantitative estimate of drug-likeness (QED) is 0.893. The van der Waals surface area contributed by atoms with Crippen LogP contribution >= 0.6 is 11.6 Å². The standard InChI is InChI=1S/C16H15ClFNO/c17-15-4-2-1-3-13(15)11-19-16(20)10-7-12-5-8-14(18)9-6-12/h1-6,8-9H,7,10-11H2,(H,19,20). The number of amides is 1. The molecule has 1 N–H and O–H groups in total. The van der Waals surface area contributed by atoms with Crippen molar-refractivity contribution in [3.05, 3.63) is 70.5 Å². The zero-order valence-electron chi connectivity index (χ0n) is 10.9. The molecule has 0 fully saturated rings. The molecule has 2 aromatic rings. The number of benzene rings is 2. The fourth-order valence-electron chi connectivity index (χ4n) is 1.83. The molecule has 2 rings (SSSR count). The van der Waals surface area contributed by atoms with E-state index in [-0.39, 0.29) is 11.7 Å². The van der Waals surface area contributed by atoms with Crippen molar-refractivity contribution in [2.75, 3.05) is 0 Å². The highest BCUT2D eigenvalue weighted by Crippen LogP contribution is 2.14. The third kappa shape index (κ3) is 4.35. The number of aryl methyl sites for hydroxylation is 1. The van der Waals surface area contributed by atoms with Gasteiger partial charge < -0.3 is 5.32 Å². The number of hydrogen-bond acceptors (Lipinski definition) is 1. The summed E-state index contributed by atoms with van der Waals surface area (Å²) in [6, 6.07) is 13.6. The molecule has 0 radical (unpaired) electrons. The number of rotatable bonds is 5. The van der Waals surface area contributed by atoms with E-state index in [0.29, 0.717) is 24.4 Å². The summed E-state index contributed by atoms with van der Waals surface area (Å²) >= 11 is 6.01. The summed E-state index contributed by atoms with van der Waals surface area (Å²) in [5, 5.41) is 3.47. The van der Waals surface area contributed by atoms with Crippen LogP contribution in [0.15, 0.2) is 48.5 Å². The number of carbonyl (C=O) groups is 1. The highest BCUT2D eigenvalue weighted by atomic mass is 35.5. The molecule has 0 heterocycles. The molecule has 0 saturated heterocycles. The summed E-state index contributed by atoms with van der Waals surface area (Å²) in [5.41, 5.74) is 1.84. The van der Waals surface area contributed by atoms with E-state index in [4.69, 9.17) is 11.6 Å². The van der Waals surface area contributed by atoms with Crippen LogP contribution in [0.4, 0.5) is 4.39 Å². The van der Waals surface area contributed by atoms with Crippen molar-refractivity contribution in [1.82, 2.24) is 5.32 Å². The first-order valence-electron chi connectivity index (χ1n) is 6.40. The summed E-state index contributed by atoms with van der Waals surface area (Å²) in [7, 11) is 0. The van der Waals surface area contributed by atoms with Crippen molar-refractivity contribution in [2.24, 2.45) is 0 Å². The fourth-order valence-corrected chi connectivity index (χ4v) is 2.04. The summed E-state index contributed by atoms with van der Waals surface area (Å²) in [6.45, 7) is 0.419. The summed E-state index contributed by atoms with van der Waals surface area (Å²) < 4.78 is 12.7. The molecule has 0 aliphatic rings. The Hall–Kier alpha value is -1.87. The Kier molecular flexibility index (Phi) is 5.13. The van der Waals surface area contributed by atoms with E-state index in [2.05, 4.69) is 5.32 Å². The van der Waals surface area contributed by atoms with Gasteiger partial charge in [0.05, 0.1) is 0 Å². The van der Waals surface area contributed by atoms with Crippen molar-refractivity contribution >= 4 is 17.5 Å². The van der Waals surface area contributed by atoms with Gasteiger partial charge in [0.2, 0.25) is 5.91 Å². The molecule has 0 aromatic heterocycles. The second-order valence-electron chi connectivity index (χ2n) is 4.49. The third-order valence-corrected chi connectivity index (χ3v) is 3.36. The van der Waals surface area contributed by atoms with Crippen LogP contribution in [0.1, 0.15) is 17.5 Å². The van der Waals surface area contributed by atoms with Crippen molar-refractivity contribution in [3.8, 4) is 0 Å². The van der Waals surface area contributed by atoms with Gasteiger partial charge in [0.1, 0.15) is 5.82 Å². The van der Waals surface area contributed by atoms with Gasteiger partial charge in [-0.05, 0) is 35.7 Å². The second-order valence-corrected chi connectivity index (χ2v) is 4.90. The molecule has 0 saturated carbocycles. The molecule has 20 heavy (non-hydrogen) atoms. The Bertz CT molecular complexity index is 583. The topological polar surface area (TPSA) is 29.1 Å². The monoisotopic (exact) mass is 291 g/mol. The lowest BCUT2D eigenvalue weighted by Gasteiger charge is -2.07. The largest absolute Gasteiger partial charge is 0.352 e. The van der Waals surface area contributed by atoms with Gasteiger partial charge in [0.25, 0.3) is 0 Å². The predicted octanol–water partition coefficient (Wildman–Crippen LogP) is 3.73. The number of nitrogens with one attached hydrogen (secondary N) is 1. The van der Waals surface area contributed by atoms with E-state index in [1.807, 2.05) is 18.2 Å². The van der Waals surface area contributed by atoms with Gasteiger partial charge in [-0.15, -0.1) is 0 Å². The minimum Gasteiger partial charge on any atom is -0.352 e. The molecule has 4 heteroatoms. The van der Waals surface area contributed by atoms with Crippen molar-refractivity contribution < 1.29 is 9.18 Å². The van der Waals surface area contributed by atoms with Crippen LogP contribution in [0.2, 0.25) is 5.02 Å². The lowest BCUT2D eigenvalue weighted by atomic mass is 10.1. The summed E-state index contributed by atoms with van der Waals surface area (Å²) in [6.07, 6.45) is 0.963. The molecule has 2 nitrogen and oxygen atoms in total. The Morgan fingerprint density at radius 1 is 1.10 bits per heavy atom. The van der Waals surface area contributed by atoms with E-state index < -0.39 is 0 Å². The molecule has 0 spiro atoms. The van der Waals surface area contributed by atoms with E-state index in [1.165, 1.54) is 12.1 Å². The van der Waals surface area contributed by atoms with Crippen LogP contribution in [0.5, 0.6) is 0 Å². The average Bonchev–Trinajstić information content (AvgIpc) is 2.46. The molecule has 0 aliphatic heterocycles. The Labute approximate surface area is 122 Å². The van der Waals surface area contributed by atoms with Crippen molar-refractivity contribution in [1.29, 1.82) is 0 Å². The predicted molar refractivity (Wildman–Crippen MR) is 78.0 cm³/mol. The van der Waals surface area contributed by atoms with Gasteiger partial charge in [0, 0.05) is 18.0 Å². The molecule has 0 bridgehead atoms. The van der Waals surface area contributed by atoms with Gasteiger partial charge in [-0.3, -0.25) is 4.79 Å². The van der Waals surface area contributed by atoms with Gasteiger partial charge in [-0.2, -0.15) is 0 Å². The minimum absolute atomic E-state index is 0.0470. The molecule has 104 valence electrons. The second kappa shape index (κ2) is 7.06. The van der Waals surface area contributed by atoms with E-state index in [1.54, 1.807) is 18.2 Å². The van der Waals surface area contributed by atoms with Crippen LogP contribution < -0.4 is 5.32 Å². The van der Waals surface area contributed by atoms with Gasteiger partial charge in [-0.25, -0.2) is 4.39 Å². The molecular formula is C16H15ClFNO. The molecule has 0 unspecified atom stereocenters. The number of halogens is 2. The molecule has 0 atom stereocenters. The summed E-state index contributed by atoms with van der Waals surface area (Å²) in [4.78, 5) is 11.7. The fraction of sp³-hybridized carbons (Fsp3) is 0.188. The number of hydrogen-bond donors (Lipinski definition) is 1. The van der Waals surface area contributed by atoms with E-state index >= 15 is 0 Å². The average molecular weight is 292 g/mol. The Balaban J connectivity index is 1.78. The zero-order valence-corrected chi connectivity index (χ0v) is 11.7. The van der Waals surface area contributed by atoms with Crippen LogP contribution in [0.25, 0.3) is 0 Å². The van der Waals surface area contributed by atoms with Gasteiger partial charge in [-0.1, -0.05) is 41.9 Å². The van der Waals surface area contributed by atoms with Crippen LogP contribution in [0, 0.1) is 5.82 Å². The first kappa shape index (κ1) is 14.5. The molecule has 2 aromatic carbocycles. The lowest BCUT2D eigenvalue weighted by molar-refractivity contribution is -0.121. The van der Waals surface area contributed by atoms with Crippen LogP contribution in [-0.4, -0.2) is 5.91 Å². The molecule has 1 amide bonds. The number of carbonyl (C=O) groups excluding carboxylic acids is 1. The first-order valence-corrected chi connectivity index (χ1v) is 6.77. The van der Waals surface area contributed by atoms with E-state index in [9.17, 15) is 9.18 Å². The zero-order chi connectivity index (χ0) is 14.4. The lowest BCUT2D eigenvalue weighted by Crippen LogP contribution is -2.23. The van der Waals surface area contributed by atoms with Crippen LogP contribution in [-0.2, 0) is 17.8 Å². The minimum atomic E-state index is -0.267. The van der Waals surface area contributed by atoms with Crippen molar-refractivity contribution in [2.45, 2.75) is 19.4 Å². The third-order valence-electron chi connectivity index (χ3n) is 2.99. The van der Waals surface area contributed by atoms with E-state index in [0.717, 1.165) is 11.1 Å². The maximum atomic E-state index is 12.7. The normalized spacial score (nSPS) is 10.3. The Morgan fingerprint density at radius 3 is 2.50 bits per heavy atom. The summed E-state index contributed by atoms with van der Waals surface area (Å²) in [5.74, 6) is -0.314. The first-order chi connectivity index (χ1) is 9.65. The Morgan fingerprint density at radius 2 is 1.80 bits per heavy atom. The SMILES string of the molecule is O=C(CCc1ccc(F)cc1)NCc1ccccc1Cl. The van der Waals surface area contributed by atoms with Gasteiger partial charge in [0.15, 0.2) is 0 Å². The molecule has 0 aliphatic carbocycles. The molecular weight excluding hydrogens is 277 g/mol. The van der Waals surface area contributed by atoms with Crippen LogP contribution in [0.3, 0.4) is 0 Å². The smallest absolute Gasteiger partial charge is 0.220 e. The maximum absolute atomic E-state index is 12.7.